The lowest BCUT2D eigenvalue weighted by Crippen LogP contribution is -1.81. The molecule has 2 heterocycles. The first-order valence-corrected chi connectivity index (χ1v) is 5.06. The summed E-state index contributed by atoms with van der Waals surface area (Å²) in [7, 11) is 0. The van der Waals surface area contributed by atoms with Crippen molar-refractivity contribution in [3.05, 3.63) is 48.8 Å². The van der Waals surface area contributed by atoms with Crippen molar-refractivity contribution in [1.29, 1.82) is 0 Å². The van der Waals surface area contributed by atoms with Crippen LogP contribution in [-0.4, -0.2) is 15.1 Å². The lowest BCUT2D eigenvalue weighted by atomic mass is 10.0. The van der Waals surface area contributed by atoms with E-state index in [4.69, 9.17) is 0 Å². The maximum Gasteiger partial charge on any atom is 0.137 e. The Labute approximate surface area is 92.4 Å². The summed E-state index contributed by atoms with van der Waals surface area (Å²) >= 11 is 0. The van der Waals surface area contributed by atoms with E-state index in [1.165, 1.54) is 0 Å². The van der Waals surface area contributed by atoms with Crippen molar-refractivity contribution in [2.45, 2.75) is 0 Å². The number of hydrogen-bond donors (Lipinski definition) is 2. The Morgan fingerprint density at radius 2 is 1.81 bits per heavy atom. The first kappa shape index (κ1) is 8.97. The Kier molecular flexibility index (Phi) is 1.90. The molecule has 0 unspecified atom stereocenters. The predicted molar refractivity (Wildman–Crippen MR) is 63.2 cm³/mol. The summed E-state index contributed by atoms with van der Waals surface area (Å²) in [4.78, 5) is 7.32. The van der Waals surface area contributed by atoms with Gasteiger partial charge in [-0.3, -0.25) is 0 Å². The number of fused-ring (bicyclic) bond motifs is 1. The summed E-state index contributed by atoms with van der Waals surface area (Å²) < 4.78 is 0. The van der Waals surface area contributed by atoms with Crippen LogP contribution in [0, 0.1) is 0 Å². The second-order valence-corrected chi connectivity index (χ2v) is 3.65. The van der Waals surface area contributed by atoms with Gasteiger partial charge in [0.15, 0.2) is 0 Å². The normalized spacial score (nSPS) is 10.8. The Morgan fingerprint density at radius 1 is 1.00 bits per heavy atom. The minimum Gasteiger partial charge on any atom is -0.508 e. The fourth-order valence-corrected chi connectivity index (χ4v) is 1.85. The Bertz CT molecular complexity index is 626. The van der Waals surface area contributed by atoms with Gasteiger partial charge in [0.1, 0.15) is 11.4 Å². The molecule has 3 heteroatoms. The van der Waals surface area contributed by atoms with Crippen molar-refractivity contribution in [2.75, 3.05) is 0 Å². The lowest BCUT2D eigenvalue weighted by molar-refractivity contribution is 0.475. The quantitative estimate of drug-likeness (QED) is 0.648. The molecule has 0 atom stereocenters. The average molecular weight is 210 g/mol. The third kappa shape index (κ3) is 1.34. The number of aromatic hydroxyl groups is 1. The van der Waals surface area contributed by atoms with Gasteiger partial charge in [-0.2, -0.15) is 0 Å². The van der Waals surface area contributed by atoms with Crippen LogP contribution in [0.1, 0.15) is 0 Å². The first-order chi connectivity index (χ1) is 7.84. The van der Waals surface area contributed by atoms with Gasteiger partial charge >= 0.3 is 0 Å². The molecule has 0 amide bonds. The Hall–Kier alpha value is -2.29. The first-order valence-electron chi connectivity index (χ1n) is 5.06. The molecule has 3 rings (SSSR count). The molecule has 2 N–H and O–H groups in total. The third-order valence-electron chi connectivity index (χ3n) is 2.64. The summed E-state index contributed by atoms with van der Waals surface area (Å²) in [6, 6.07) is 11.2. The third-order valence-corrected chi connectivity index (χ3v) is 2.64. The smallest absolute Gasteiger partial charge is 0.137 e. The number of H-pyrrole nitrogens is 1. The average Bonchev–Trinajstić information content (AvgIpc) is 2.78. The van der Waals surface area contributed by atoms with Crippen LogP contribution in [0.15, 0.2) is 48.8 Å². The topological polar surface area (TPSA) is 48.9 Å². The van der Waals surface area contributed by atoms with Gasteiger partial charge < -0.3 is 10.1 Å². The molecule has 16 heavy (non-hydrogen) atoms. The predicted octanol–water partition coefficient (Wildman–Crippen LogP) is 2.94. The van der Waals surface area contributed by atoms with E-state index in [0.717, 1.165) is 22.2 Å². The summed E-state index contributed by atoms with van der Waals surface area (Å²) in [5, 5.41) is 10.3. The maximum atomic E-state index is 9.26. The van der Waals surface area contributed by atoms with E-state index in [0.29, 0.717) is 0 Å². The van der Waals surface area contributed by atoms with Gasteiger partial charge in [-0.05, 0) is 35.4 Å². The standard InChI is InChI=1S/C13H10N2O/c16-10-3-1-9(2-4-10)11-5-7-14-13-12(11)6-8-15-13/h1-8,16H,(H,14,15). The van der Waals surface area contributed by atoms with Crippen molar-refractivity contribution in [1.82, 2.24) is 9.97 Å². The van der Waals surface area contributed by atoms with Crippen molar-refractivity contribution < 1.29 is 5.11 Å². The number of phenolic OH excluding ortho intramolecular Hbond substituents is 1. The number of aromatic amines is 1. The molecule has 2 aromatic heterocycles. The van der Waals surface area contributed by atoms with Crippen LogP contribution in [0.4, 0.5) is 0 Å². The monoisotopic (exact) mass is 210 g/mol. The van der Waals surface area contributed by atoms with E-state index < -0.39 is 0 Å². The molecule has 0 aliphatic carbocycles. The van der Waals surface area contributed by atoms with E-state index >= 15 is 0 Å². The zero-order valence-corrected chi connectivity index (χ0v) is 8.51. The highest BCUT2D eigenvalue weighted by atomic mass is 16.3. The number of pyridine rings is 1. The molecule has 0 saturated heterocycles. The Morgan fingerprint density at radius 3 is 2.62 bits per heavy atom. The van der Waals surface area contributed by atoms with E-state index in [-0.39, 0.29) is 5.75 Å². The number of hydrogen-bond acceptors (Lipinski definition) is 2. The van der Waals surface area contributed by atoms with Crippen molar-refractivity contribution >= 4 is 11.0 Å². The van der Waals surface area contributed by atoms with E-state index in [1.807, 2.05) is 30.5 Å². The Balaban J connectivity index is 2.25. The number of benzene rings is 1. The van der Waals surface area contributed by atoms with Crippen molar-refractivity contribution in [2.24, 2.45) is 0 Å². The summed E-state index contributed by atoms with van der Waals surface area (Å²) in [5.74, 6) is 0.281. The molecular weight excluding hydrogens is 200 g/mol. The van der Waals surface area contributed by atoms with E-state index in [9.17, 15) is 5.11 Å². The fourth-order valence-electron chi connectivity index (χ4n) is 1.85. The molecule has 0 fully saturated rings. The number of rotatable bonds is 1. The molecule has 0 radical (unpaired) electrons. The molecule has 0 saturated carbocycles. The van der Waals surface area contributed by atoms with Crippen LogP contribution in [0.2, 0.25) is 0 Å². The van der Waals surface area contributed by atoms with E-state index in [2.05, 4.69) is 9.97 Å². The van der Waals surface area contributed by atoms with Crippen molar-refractivity contribution in [3.63, 3.8) is 0 Å². The minimum absolute atomic E-state index is 0.281. The zero-order chi connectivity index (χ0) is 11.0. The molecule has 0 spiro atoms. The summed E-state index contributed by atoms with van der Waals surface area (Å²) in [6.45, 7) is 0. The van der Waals surface area contributed by atoms with Crippen LogP contribution in [-0.2, 0) is 0 Å². The number of aromatic nitrogens is 2. The molecule has 0 aliphatic rings. The van der Waals surface area contributed by atoms with Gasteiger partial charge in [0.2, 0.25) is 0 Å². The van der Waals surface area contributed by atoms with Gasteiger partial charge in [-0.1, -0.05) is 12.1 Å². The van der Waals surface area contributed by atoms with Crippen molar-refractivity contribution in [3.8, 4) is 16.9 Å². The maximum absolute atomic E-state index is 9.26. The van der Waals surface area contributed by atoms with Crippen LogP contribution in [0.3, 0.4) is 0 Å². The zero-order valence-electron chi connectivity index (χ0n) is 8.51. The molecule has 3 aromatic rings. The summed E-state index contributed by atoms with van der Waals surface area (Å²) in [6.07, 6.45) is 3.66. The SMILES string of the molecule is Oc1ccc(-c2ccnc3[nH]ccc23)cc1. The second kappa shape index (κ2) is 3.38. The van der Waals surface area contributed by atoms with Gasteiger partial charge in [0.05, 0.1) is 0 Å². The highest BCUT2D eigenvalue weighted by Gasteiger charge is 2.04. The van der Waals surface area contributed by atoms with Crippen LogP contribution in [0.25, 0.3) is 22.2 Å². The molecule has 3 nitrogen and oxygen atoms in total. The molecule has 1 aromatic carbocycles. The highest BCUT2D eigenvalue weighted by molar-refractivity contribution is 5.92. The van der Waals surface area contributed by atoms with Crippen LogP contribution >= 0.6 is 0 Å². The van der Waals surface area contributed by atoms with E-state index in [1.54, 1.807) is 18.3 Å². The summed E-state index contributed by atoms with van der Waals surface area (Å²) in [5.41, 5.74) is 3.07. The fraction of sp³-hybridized carbons (Fsp3) is 0. The van der Waals surface area contributed by atoms with Gasteiger partial charge in [0.25, 0.3) is 0 Å². The largest absolute Gasteiger partial charge is 0.508 e. The van der Waals surface area contributed by atoms with Crippen LogP contribution < -0.4 is 0 Å². The number of phenols is 1. The highest BCUT2D eigenvalue weighted by Crippen LogP contribution is 2.27. The number of nitrogens with one attached hydrogen (secondary N) is 1. The molecular formula is C13H10N2O. The van der Waals surface area contributed by atoms with Crippen LogP contribution in [0.5, 0.6) is 5.75 Å². The molecule has 0 aliphatic heterocycles. The lowest BCUT2D eigenvalue weighted by Gasteiger charge is -2.03. The van der Waals surface area contributed by atoms with Gasteiger partial charge in [-0.15, -0.1) is 0 Å². The molecule has 0 bridgehead atoms. The van der Waals surface area contributed by atoms with Gasteiger partial charge in [-0.25, -0.2) is 4.98 Å². The number of nitrogens with zero attached hydrogens (tertiary/aromatic N) is 1. The molecule has 78 valence electrons. The van der Waals surface area contributed by atoms with Gasteiger partial charge in [0, 0.05) is 17.8 Å². The second-order valence-electron chi connectivity index (χ2n) is 3.65. The minimum atomic E-state index is 0.281.